The van der Waals surface area contributed by atoms with Crippen molar-refractivity contribution in [1.82, 2.24) is 10.3 Å². The number of fused-ring (bicyclic) bond motifs is 1. The van der Waals surface area contributed by atoms with Crippen LogP contribution in [0.4, 0.5) is 10.6 Å². The Labute approximate surface area is 90.4 Å². The number of nitrogens with zero attached hydrogens (tertiary/aromatic N) is 1. The van der Waals surface area contributed by atoms with Crippen molar-refractivity contribution in [2.45, 2.75) is 6.04 Å². The normalized spacial score (nSPS) is 18.8. The van der Waals surface area contributed by atoms with Crippen molar-refractivity contribution < 1.29 is 19.4 Å². The summed E-state index contributed by atoms with van der Waals surface area (Å²) < 4.78 is 5.26. The number of pyridine rings is 1. The van der Waals surface area contributed by atoms with Crippen molar-refractivity contribution >= 4 is 17.8 Å². The molecule has 0 aromatic carbocycles. The molecule has 1 atom stereocenters. The second kappa shape index (κ2) is 4.05. The number of carboxylic acid groups (broad SMARTS) is 1. The van der Waals surface area contributed by atoms with E-state index < -0.39 is 18.0 Å². The lowest BCUT2D eigenvalue weighted by molar-refractivity contribution is -0.118. The van der Waals surface area contributed by atoms with Gasteiger partial charge in [-0.1, -0.05) is 0 Å². The van der Waals surface area contributed by atoms with E-state index in [2.05, 4.69) is 15.6 Å². The fourth-order valence-corrected chi connectivity index (χ4v) is 1.31. The Hall–Kier alpha value is -2.31. The van der Waals surface area contributed by atoms with Crippen LogP contribution in [-0.2, 0) is 4.79 Å². The molecule has 1 aliphatic heterocycles. The summed E-state index contributed by atoms with van der Waals surface area (Å²) in [4.78, 5) is 25.9. The lowest BCUT2D eigenvalue weighted by Gasteiger charge is -2.11. The predicted molar refractivity (Wildman–Crippen MR) is 53.3 cm³/mol. The fraction of sp³-hybridized carbons (Fsp3) is 0.222. The quantitative estimate of drug-likeness (QED) is 0.624. The highest BCUT2D eigenvalue weighted by molar-refractivity contribution is 5.97. The first-order valence-electron chi connectivity index (χ1n) is 4.55. The minimum Gasteiger partial charge on any atom is -0.487 e. The number of nitrogens with one attached hydrogen (secondary N) is 2. The van der Waals surface area contributed by atoms with E-state index in [4.69, 9.17) is 9.84 Å². The fourth-order valence-electron chi connectivity index (χ4n) is 1.31. The van der Waals surface area contributed by atoms with Gasteiger partial charge in [0.25, 0.3) is 5.91 Å². The van der Waals surface area contributed by atoms with Crippen molar-refractivity contribution in [3.8, 4) is 5.75 Å². The molecule has 84 valence electrons. The van der Waals surface area contributed by atoms with Crippen molar-refractivity contribution in [2.75, 3.05) is 11.9 Å². The van der Waals surface area contributed by atoms with Crippen molar-refractivity contribution in [3.05, 3.63) is 18.3 Å². The minimum atomic E-state index is -1.28. The van der Waals surface area contributed by atoms with Gasteiger partial charge in [0.2, 0.25) is 0 Å². The van der Waals surface area contributed by atoms with Crippen LogP contribution in [-0.4, -0.2) is 34.7 Å². The highest BCUT2D eigenvalue weighted by atomic mass is 16.5. The Morgan fingerprint density at radius 1 is 1.69 bits per heavy atom. The Balaban J connectivity index is 2.18. The van der Waals surface area contributed by atoms with Crippen LogP contribution in [0.2, 0.25) is 0 Å². The lowest BCUT2D eigenvalue weighted by Crippen LogP contribution is -2.45. The monoisotopic (exact) mass is 223 g/mol. The highest BCUT2D eigenvalue weighted by Crippen LogP contribution is 2.23. The molecule has 7 heteroatoms. The van der Waals surface area contributed by atoms with Crippen LogP contribution in [0.1, 0.15) is 0 Å². The average Bonchev–Trinajstić information content (AvgIpc) is 2.39. The van der Waals surface area contributed by atoms with Gasteiger partial charge in [0.15, 0.2) is 11.6 Å². The summed E-state index contributed by atoms with van der Waals surface area (Å²) in [5.74, 6) is 0.229. The molecule has 0 bridgehead atoms. The summed E-state index contributed by atoms with van der Waals surface area (Å²) >= 11 is 0. The molecule has 0 unspecified atom stereocenters. The third kappa shape index (κ3) is 2.02. The first-order valence-corrected chi connectivity index (χ1v) is 4.55. The van der Waals surface area contributed by atoms with Gasteiger partial charge < -0.3 is 20.5 Å². The summed E-state index contributed by atoms with van der Waals surface area (Å²) in [6.07, 6.45) is 0.232. The number of carbonyl (C=O) groups is 2. The predicted octanol–water partition coefficient (Wildman–Crippen LogP) is 0.0487. The number of aromatic nitrogens is 1. The molecule has 1 aromatic heterocycles. The van der Waals surface area contributed by atoms with E-state index in [0.29, 0.717) is 11.6 Å². The zero-order valence-corrected chi connectivity index (χ0v) is 8.14. The number of anilines is 1. The van der Waals surface area contributed by atoms with Gasteiger partial charge in [-0.25, -0.2) is 9.78 Å². The Bertz CT molecular complexity index is 435. The molecule has 1 aromatic rings. The molecule has 1 aliphatic rings. The van der Waals surface area contributed by atoms with Gasteiger partial charge in [0.1, 0.15) is 12.6 Å². The van der Waals surface area contributed by atoms with Gasteiger partial charge in [0, 0.05) is 6.20 Å². The molecule has 0 spiro atoms. The highest BCUT2D eigenvalue weighted by Gasteiger charge is 2.26. The molecule has 0 radical (unpaired) electrons. The second-order valence-corrected chi connectivity index (χ2v) is 3.15. The molecule has 0 fully saturated rings. The van der Waals surface area contributed by atoms with Crippen molar-refractivity contribution in [2.24, 2.45) is 0 Å². The molecule has 3 N–H and O–H groups in total. The molecule has 0 saturated carbocycles. The van der Waals surface area contributed by atoms with E-state index in [1.54, 1.807) is 12.1 Å². The first kappa shape index (κ1) is 10.2. The largest absolute Gasteiger partial charge is 0.487 e. The van der Waals surface area contributed by atoms with Crippen LogP contribution >= 0.6 is 0 Å². The van der Waals surface area contributed by atoms with Crippen LogP contribution in [0.3, 0.4) is 0 Å². The van der Waals surface area contributed by atoms with Gasteiger partial charge >= 0.3 is 6.09 Å². The maximum Gasteiger partial charge on any atom is 0.405 e. The van der Waals surface area contributed by atoms with Gasteiger partial charge in [0.05, 0.1) is 0 Å². The van der Waals surface area contributed by atoms with Crippen LogP contribution < -0.4 is 15.4 Å². The number of hydrogen-bond donors (Lipinski definition) is 3. The maximum atomic E-state index is 11.6. The van der Waals surface area contributed by atoms with Crippen molar-refractivity contribution in [1.29, 1.82) is 0 Å². The summed E-state index contributed by atoms with van der Waals surface area (Å²) in [7, 11) is 0. The zero-order valence-electron chi connectivity index (χ0n) is 8.14. The lowest BCUT2D eigenvalue weighted by atomic mass is 10.3. The SMILES string of the molecule is O=C(O)N[C@H]1COc2cccnc2NC1=O. The van der Waals surface area contributed by atoms with E-state index in [0.717, 1.165) is 0 Å². The van der Waals surface area contributed by atoms with Gasteiger partial charge in [-0.05, 0) is 12.1 Å². The van der Waals surface area contributed by atoms with E-state index >= 15 is 0 Å². The van der Waals surface area contributed by atoms with Crippen molar-refractivity contribution in [3.63, 3.8) is 0 Å². The molecule has 2 rings (SSSR count). The smallest absolute Gasteiger partial charge is 0.405 e. The van der Waals surface area contributed by atoms with Gasteiger partial charge in [-0.2, -0.15) is 0 Å². The Morgan fingerprint density at radius 3 is 3.25 bits per heavy atom. The second-order valence-electron chi connectivity index (χ2n) is 3.15. The van der Waals surface area contributed by atoms with Gasteiger partial charge in [-0.3, -0.25) is 4.79 Å². The molecule has 2 heterocycles. The molecule has 16 heavy (non-hydrogen) atoms. The maximum absolute atomic E-state index is 11.6. The minimum absolute atomic E-state index is 0.0587. The Morgan fingerprint density at radius 2 is 2.50 bits per heavy atom. The molecule has 7 nitrogen and oxygen atoms in total. The van der Waals surface area contributed by atoms with Crippen LogP contribution in [0.5, 0.6) is 5.75 Å². The molecule has 0 saturated heterocycles. The number of hydrogen-bond acceptors (Lipinski definition) is 4. The average molecular weight is 223 g/mol. The summed E-state index contributed by atoms with van der Waals surface area (Å²) in [5, 5.41) is 13.1. The third-order valence-corrected chi connectivity index (χ3v) is 2.03. The van der Waals surface area contributed by atoms with Crippen LogP contribution in [0.25, 0.3) is 0 Å². The van der Waals surface area contributed by atoms with Crippen LogP contribution in [0.15, 0.2) is 18.3 Å². The standard InChI is InChI=1S/C9H9N3O4/c13-8-5(11-9(14)15)4-16-6-2-1-3-10-7(6)12-8/h1-3,5,11H,4H2,(H,14,15)(H,10,12,13)/t5-/m0/s1. The molecule has 2 amide bonds. The Kier molecular flexibility index (Phi) is 2.59. The summed E-state index contributed by atoms with van der Waals surface area (Å²) in [5.41, 5.74) is 0. The van der Waals surface area contributed by atoms with E-state index in [9.17, 15) is 9.59 Å². The van der Waals surface area contributed by atoms with E-state index in [1.165, 1.54) is 6.20 Å². The zero-order chi connectivity index (χ0) is 11.5. The number of amides is 2. The summed E-state index contributed by atoms with van der Waals surface area (Å²) in [6, 6.07) is 2.37. The number of carbonyl (C=O) groups excluding carboxylic acids is 1. The van der Waals surface area contributed by atoms with E-state index in [1.807, 2.05) is 0 Å². The topological polar surface area (TPSA) is 101 Å². The summed E-state index contributed by atoms with van der Waals surface area (Å²) in [6.45, 7) is -0.0587. The van der Waals surface area contributed by atoms with Gasteiger partial charge in [-0.15, -0.1) is 0 Å². The number of ether oxygens (including phenoxy) is 1. The molecular formula is C9H9N3O4. The first-order chi connectivity index (χ1) is 7.66. The number of rotatable bonds is 1. The molecular weight excluding hydrogens is 214 g/mol. The molecule has 0 aliphatic carbocycles. The third-order valence-electron chi connectivity index (χ3n) is 2.03. The van der Waals surface area contributed by atoms with Crippen LogP contribution in [0, 0.1) is 0 Å². The van der Waals surface area contributed by atoms with E-state index in [-0.39, 0.29) is 6.61 Å².